The van der Waals surface area contributed by atoms with Gasteiger partial charge in [-0.05, 0) is 6.92 Å². The Bertz CT molecular complexity index is 73.3. The van der Waals surface area contributed by atoms with E-state index >= 15 is 0 Å². The Balaban J connectivity index is 3.35. The van der Waals surface area contributed by atoms with Gasteiger partial charge >= 0.3 is 0 Å². The van der Waals surface area contributed by atoms with Gasteiger partial charge in [0.1, 0.15) is 6.10 Å². The average molecular weight is 121 g/mol. The minimum Gasteiger partial charge on any atom is -0.384 e. The van der Waals surface area contributed by atoms with Crippen LogP contribution in [0.15, 0.2) is 0 Å². The van der Waals surface area contributed by atoms with Gasteiger partial charge in [-0.3, -0.25) is 4.79 Å². The van der Waals surface area contributed by atoms with Crippen molar-refractivity contribution < 1.29 is 9.90 Å². The third-order valence-electron chi connectivity index (χ3n) is 0.490. The van der Waals surface area contributed by atoms with Gasteiger partial charge in [0.15, 0.2) is 0 Å². The summed E-state index contributed by atoms with van der Waals surface area (Å²) in [5, 5.41) is 8.36. The molecule has 0 aliphatic heterocycles. The zero-order chi connectivity index (χ0) is 5.86. The molecule has 0 aliphatic rings. The normalized spacial score (nSPS) is 13.0. The van der Waals surface area contributed by atoms with E-state index in [0.29, 0.717) is 0 Å². The van der Waals surface area contributed by atoms with Gasteiger partial charge in [-0.15, -0.1) is 0 Å². The lowest BCUT2D eigenvalue weighted by atomic mass is 10.4. The summed E-state index contributed by atoms with van der Waals surface area (Å²) in [4.78, 5) is 10.1. The lowest BCUT2D eigenvalue weighted by molar-refractivity contribution is -0.126. The van der Waals surface area contributed by atoms with Crippen molar-refractivity contribution in [2.75, 3.05) is 0 Å². The van der Waals surface area contributed by atoms with E-state index in [2.05, 4.69) is 12.8 Å². The van der Waals surface area contributed by atoms with Crippen LogP contribution in [0, 0.1) is 0 Å². The number of carbonyl (C=O) groups is 1. The Kier molecular flexibility index (Phi) is 2.78. The van der Waals surface area contributed by atoms with Crippen molar-refractivity contribution in [3.63, 3.8) is 0 Å². The highest BCUT2D eigenvalue weighted by Gasteiger charge is 2.03. The van der Waals surface area contributed by atoms with Crippen molar-refractivity contribution in [3.05, 3.63) is 0 Å². The van der Waals surface area contributed by atoms with Crippen LogP contribution in [0.25, 0.3) is 0 Å². The number of hydrogen-bond acceptors (Lipinski definition) is 3. The molecule has 0 saturated carbocycles. The van der Waals surface area contributed by atoms with Crippen LogP contribution in [-0.2, 0) is 4.79 Å². The number of thiol groups is 1. The van der Waals surface area contributed by atoms with Gasteiger partial charge in [-0.1, -0.05) is 12.8 Å². The maximum atomic E-state index is 10.1. The van der Waals surface area contributed by atoms with Crippen LogP contribution in [-0.4, -0.2) is 17.1 Å². The van der Waals surface area contributed by atoms with Gasteiger partial charge < -0.3 is 9.83 Å². The molecule has 0 aromatic heterocycles. The highest BCUT2D eigenvalue weighted by molar-refractivity contribution is 7.78. The van der Waals surface area contributed by atoms with E-state index < -0.39 is 12.0 Å². The molecule has 0 aromatic rings. The maximum absolute atomic E-state index is 10.1. The molecule has 4 heteroatoms. The third-order valence-corrected chi connectivity index (χ3v) is 0.710. The lowest BCUT2D eigenvalue weighted by Gasteiger charge is -1.97. The van der Waals surface area contributed by atoms with Crippen LogP contribution in [0.3, 0.4) is 0 Å². The van der Waals surface area contributed by atoms with Crippen molar-refractivity contribution in [2.24, 2.45) is 0 Å². The second-order valence-corrected chi connectivity index (χ2v) is 1.38. The highest BCUT2D eigenvalue weighted by atomic mass is 32.1. The molecule has 0 aromatic carbocycles. The molecule has 3 nitrogen and oxygen atoms in total. The Labute approximate surface area is 47.3 Å². The molecule has 1 unspecified atom stereocenters. The fourth-order valence-corrected chi connectivity index (χ4v) is 0.280. The fourth-order valence-electron chi connectivity index (χ4n) is 0.0934. The van der Waals surface area contributed by atoms with Crippen LogP contribution in [0.1, 0.15) is 6.92 Å². The van der Waals surface area contributed by atoms with Gasteiger partial charge in [0.05, 0.1) is 0 Å². The Morgan fingerprint density at radius 3 is 2.43 bits per heavy atom. The Morgan fingerprint density at radius 2 is 2.43 bits per heavy atom. The van der Waals surface area contributed by atoms with Crippen LogP contribution in [0.2, 0.25) is 0 Å². The second-order valence-electron chi connectivity index (χ2n) is 1.15. The Morgan fingerprint density at radius 1 is 2.00 bits per heavy atom. The largest absolute Gasteiger partial charge is 0.384 e. The van der Waals surface area contributed by atoms with Crippen LogP contribution < -0.4 is 4.72 Å². The van der Waals surface area contributed by atoms with E-state index in [9.17, 15) is 4.79 Å². The zero-order valence-electron chi connectivity index (χ0n) is 3.88. The summed E-state index contributed by atoms with van der Waals surface area (Å²) in [6.45, 7) is 1.37. The molecular weight excluding hydrogens is 114 g/mol. The van der Waals surface area contributed by atoms with Crippen molar-refractivity contribution >= 4 is 18.7 Å². The molecule has 42 valence electrons. The topological polar surface area (TPSA) is 49.3 Å². The second kappa shape index (κ2) is 2.87. The number of aliphatic hydroxyl groups is 1. The summed E-state index contributed by atoms with van der Waals surface area (Å²) in [5.74, 6) is -0.483. The number of aliphatic hydroxyl groups excluding tert-OH is 1. The number of rotatable bonds is 1. The maximum Gasteiger partial charge on any atom is 0.258 e. The number of nitrogens with one attached hydrogen (secondary N) is 1. The van der Waals surface area contributed by atoms with Crippen molar-refractivity contribution in [1.82, 2.24) is 4.72 Å². The summed E-state index contributed by atoms with van der Waals surface area (Å²) in [6.07, 6.45) is -0.961. The van der Waals surface area contributed by atoms with Gasteiger partial charge in [0, 0.05) is 0 Å². The van der Waals surface area contributed by atoms with E-state index in [-0.39, 0.29) is 0 Å². The number of carbonyl (C=O) groups excluding carboxylic acids is 1. The Hall–Kier alpha value is -0.220. The van der Waals surface area contributed by atoms with Crippen LogP contribution >= 0.6 is 12.8 Å². The molecule has 1 amide bonds. The third kappa shape index (κ3) is 2.47. The zero-order valence-corrected chi connectivity index (χ0v) is 4.77. The SMILES string of the molecule is CC(O)C(=O)NS. The monoisotopic (exact) mass is 121 g/mol. The van der Waals surface area contributed by atoms with E-state index in [1.54, 1.807) is 0 Å². The average Bonchev–Trinajstić information content (AvgIpc) is 1.65. The minimum atomic E-state index is -0.961. The quantitative estimate of drug-likeness (QED) is 0.403. The van der Waals surface area contributed by atoms with Crippen LogP contribution in [0.5, 0.6) is 0 Å². The molecular formula is C3H7NO2S. The molecule has 0 aliphatic carbocycles. The molecule has 7 heavy (non-hydrogen) atoms. The fraction of sp³-hybridized carbons (Fsp3) is 0.667. The molecule has 0 bridgehead atoms. The molecule has 0 radical (unpaired) electrons. The van der Waals surface area contributed by atoms with Gasteiger partial charge in [-0.2, -0.15) is 0 Å². The van der Waals surface area contributed by atoms with E-state index in [1.165, 1.54) is 6.92 Å². The predicted octanol–water partition coefficient (Wildman–Crippen LogP) is -0.672. The van der Waals surface area contributed by atoms with Gasteiger partial charge in [0.2, 0.25) is 0 Å². The lowest BCUT2D eigenvalue weighted by Crippen LogP contribution is -2.25. The van der Waals surface area contributed by atoms with E-state index in [0.717, 1.165) is 0 Å². The molecule has 0 heterocycles. The summed E-state index contributed by atoms with van der Waals surface area (Å²) in [5.41, 5.74) is 0. The van der Waals surface area contributed by atoms with E-state index in [1.807, 2.05) is 4.72 Å². The van der Waals surface area contributed by atoms with Gasteiger partial charge in [0.25, 0.3) is 5.91 Å². The first-order valence-corrected chi connectivity index (χ1v) is 2.25. The molecule has 2 N–H and O–H groups in total. The summed E-state index contributed by atoms with van der Waals surface area (Å²) >= 11 is 3.40. The van der Waals surface area contributed by atoms with Gasteiger partial charge in [-0.25, -0.2) is 0 Å². The first kappa shape index (κ1) is 6.78. The molecule has 0 rings (SSSR count). The molecule has 1 atom stereocenters. The summed E-state index contributed by atoms with van der Waals surface area (Å²) in [6, 6.07) is 0. The summed E-state index contributed by atoms with van der Waals surface area (Å²) < 4.78 is 1.97. The minimum absolute atomic E-state index is 0.483. The summed E-state index contributed by atoms with van der Waals surface area (Å²) in [7, 11) is 0. The molecule has 0 spiro atoms. The van der Waals surface area contributed by atoms with Crippen LogP contribution in [0.4, 0.5) is 0 Å². The number of hydrogen-bond donors (Lipinski definition) is 3. The van der Waals surface area contributed by atoms with Crippen molar-refractivity contribution in [3.8, 4) is 0 Å². The van der Waals surface area contributed by atoms with E-state index in [4.69, 9.17) is 5.11 Å². The molecule has 0 saturated heterocycles. The smallest absolute Gasteiger partial charge is 0.258 e. The highest BCUT2D eigenvalue weighted by Crippen LogP contribution is 1.77. The van der Waals surface area contributed by atoms with Crippen molar-refractivity contribution in [2.45, 2.75) is 13.0 Å². The van der Waals surface area contributed by atoms with Crippen molar-refractivity contribution in [1.29, 1.82) is 0 Å². The first-order chi connectivity index (χ1) is 3.18. The number of amides is 1. The first-order valence-electron chi connectivity index (χ1n) is 1.80. The molecule has 0 fully saturated rings. The standard InChI is InChI=1S/C3H7NO2S/c1-2(5)3(6)4-7/h2,5,7H,1H3,(H,4,6). The predicted molar refractivity (Wildman–Crippen MR) is 28.8 cm³/mol.